The van der Waals surface area contributed by atoms with Gasteiger partial charge >= 0.3 is 6.18 Å². The average Bonchev–Trinajstić information content (AvgIpc) is 2.86. The molecule has 0 spiro atoms. The van der Waals surface area contributed by atoms with Gasteiger partial charge in [-0.2, -0.15) is 13.2 Å². The van der Waals surface area contributed by atoms with E-state index in [4.69, 9.17) is 4.74 Å². The molecule has 1 atom stereocenters. The van der Waals surface area contributed by atoms with E-state index < -0.39 is 22.9 Å². The number of alkyl halides is 3. The minimum atomic E-state index is -4.54. The molecule has 0 radical (unpaired) electrons. The second-order valence-electron chi connectivity index (χ2n) is 7.91. The van der Waals surface area contributed by atoms with Gasteiger partial charge in [-0.05, 0) is 35.9 Å². The lowest BCUT2D eigenvalue weighted by atomic mass is 10.2. The number of thioether (sulfide) groups is 1. The maximum Gasteiger partial charge on any atom is 0.416 e. The maximum atomic E-state index is 13.2. The van der Waals surface area contributed by atoms with Crippen LogP contribution in [-0.2, 0) is 22.3 Å². The number of aliphatic imine (C=N–C) groups is 1. The van der Waals surface area contributed by atoms with Gasteiger partial charge in [-0.3, -0.25) is 14.5 Å². The van der Waals surface area contributed by atoms with Gasteiger partial charge in [0.05, 0.1) is 30.6 Å². The zero-order chi connectivity index (χ0) is 25.7. The number of nitrogens with one attached hydrogen (secondary N) is 1. The summed E-state index contributed by atoms with van der Waals surface area (Å²) >= 11 is 1.03. The number of hydrogen-bond donors (Lipinski definition) is 1. The summed E-state index contributed by atoms with van der Waals surface area (Å²) in [6.07, 6.45) is -4.63. The number of para-hydroxylation sites is 2. The van der Waals surface area contributed by atoms with E-state index in [0.717, 1.165) is 29.5 Å². The summed E-state index contributed by atoms with van der Waals surface area (Å²) in [5.41, 5.74) is 0.446. The van der Waals surface area contributed by atoms with Crippen molar-refractivity contribution in [2.45, 2.75) is 24.4 Å². The summed E-state index contributed by atoms with van der Waals surface area (Å²) in [5.74, 6) is -0.334. The highest BCUT2D eigenvalue weighted by Crippen LogP contribution is 2.34. The Kier molecular flexibility index (Phi) is 7.64. The van der Waals surface area contributed by atoms with Gasteiger partial charge in [-0.1, -0.05) is 60.3 Å². The van der Waals surface area contributed by atoms with E-state index in [-0.39, 0.29) is 29.7 Å². The quantitative estimate of drug-likeness (QED) is 0.447. The van der Waals surface area contributed by atoms with Crippen molar-refractivity contribution in [2.24, 2.45) is 4.99 Å². The molecular formula is C26H22F3N3O3S. The van der Waals surface area contributed by atoms with Crippen LogP contribution in [0.3, 0.4) is 0 Å². The molecule has 36 heavy (non-hydrogen) atoms. The smallest absolute Gasteiger partial charge is 0.416 e. The van der Waals surface area contributed by atoms with Gasteiger partial charge < -0.3 is 10.1 Å². The number of hydrogen-bond acceptors (Lipinski definition) is 5. The number of halogens is 3. The predicted octanol–water partition coefficient (Wildman–Crippen LogP) is 5.87. The first-order valence-electron chi connectivity index (χ1n) is 11.0. The van der Waals surface area contributed by atoms with Crippen molar-refractivity contribution in [3.8, 4) is 5.75 Å². The van der Waals surface area contributed by atoms with E-state index in [1.54, 1.807) is 24.3 Å². The summed E-state index contributed by atoms with van der Waals surface area (Å²) in [4.78, 5) is 32.0. The second kappa shape index (κ2) is 10.9. The van der Waals surface area contributed by atoms with Crippen LogP contribution in [0.25, 0.3) is 0 Å². The number of amidine groups is 1. The van der Waals surface area contributed by atoms with Crippen molar-refractivity contribution < 1.29 is 27.5 Å². The molecule has 1 unspecified atom stereocenters. The molecule has 1 saturated heterocycles. The lowest BCUT2D eigenvalue weighted by molar-refractivity contribution is -0.137. The van der Waals surface area contributed by atoms with E-state index in [1.165, 1.54) is 24.1 Å². The molecule has 0 saturated carbocycles. The van der Waals surface area contributed by atoms with Gasteiger partial charge in [0.25, 0.3) is 0 Å². The van der Waals surface area contributed by atoms with Crippen molar-refractivity contribution >= 4 is 40.1 Å². The van der Waals surface area contributed by atoms with Crippen molar-refractivity contribution in [2.75, 3.05) is 12.4 Å². The average molecular weight is 514 g/mol. The molecule has 4 rings (SSSR count). The van der Waals surface area contributed by atoms with Crippen LogP contribution in [0.1, 0.15) is 17.5 Å². The van der Waals surface area contributed by atoms with E-state index in [1.807, 2.05) is 30.3 Å². The van der Waals surface area contributed by atoms with Crippen LogP contribution in [0.5, 0.6) is 5.75 Å². The van der Waals surface area contributed by atoms with Crippen LogP contribution >= 0.6 is 11.8 Å². The first kappa shape index (κ1) is 25.3. The van der Waals surface area contributed by atoms with Crippen molar-refractivity contribution in [1.29, 1.82) is 0 Å². The number of ether oxygens (including phenoxy) is 1. The molecule has 1 N–H and O–H groups in total. The van der Waals surface area contributed by atoms with Crippen molar-refractivity contribution in [3.63, 3.8) is 0 Å². The molecule has 0 bridgehead atoms. The lowest BCUT2D eigenvalue weighted by Gasteiger charge is -2.32. The monoisotopic (exact) mass is 513 g/mol. The van der Waals surface area contributed by atoms with Gasteiger partial charge in [0.15, 0.2) is 5.17 Å². The van der Waals surface area contributed by atoms with Crippen LogP contribution in [0.15, 0.2) is 83.9 Å². The molecule has 10 heteroatoms. The predicted molar refractivity (Wildman–Crippen MR) is 133 cm³/mol. The highest BCUT2D eigenvalue weighted by Gasteiger charge is 2.36. The summed E-state index contributed by atoms with van der Waals surface area (Å²) in [6.45, 7) is 0.172. The molecule has 0 aromatic heterocycles. The molecule has 1 heterocycles. The molecule has 3 aromatic rings. The number of methoxy groups -OCH3 is 1. The van der Waals surface area contributed by atoms with Gasteiger partial charge in [0.2, 0.25) is 11.8 Å². The van der Waals surface area contributed by atoms with Crippen LogP contribution < -0.4 is 10.1 Å². The zero-order valence-electron chi connectivity index (χ0n) is 19.2. The summed E-state index contributed by atoms with van der Waals surface area (Å²) < 4.78 is 44.9. The fraction of sp³-hybridized carbons (Fsp3) is 0.192. The fourth-order valence-corrected chi connectivity index (χ4v) is 4.68. The number of anilines is 1. The number of amides is 2. The topological polar surface area (TPSA) is 71.0 Å². The van der Waals surface area contributed by atoms with Crippen molar-refractivity contribution in [3.05, 3.63) is 90.0 Å². The van der Waals surface area contributed by atoms with Gasteiger partial charge in [-0.25, -0.2) is 4.99 Å². The molecule has 2 amide bonds. The Morgan fingerprint density at radius 2 is 1.81 bits per heavy atom. The molecule has 0 aliphatic carbocycles. The summed E-state index contributed by atoms with van der Waals surface area (Å²) in [6, 6.07) is 20.6. The third-order valence-electron chi connectivity index (χ3n) is 5.38. The standard InChI is InChI=1S/C26H22F3N3O3S/c1-35-21-13-6-5-12-20(21)31-24(34)22-15-23(33)32(16-17-8-3-2-4-9-17)25(36-22)30-19-11-7-10-18(14-19)26(27,28)29/h2-14,22H,15-16H2,1H3,(H,31,34). The van der Waals surface area contributed by atoms with Crippen LogP contribution in [0.2, 0.25) is 0 Å². The molecular weight excluding hydrogens is 491 g/mol. The van der Waals surface area contributed by atoms with E-state index in [9.17, 15) is 22.8 Å². The van der Waals surface area contributed by atoms with E-state index >= 15 is 0 Å². The lowest BCUT2D eigenvalue weighted by Crippen LogP contribution is -2.44. The Morgan fingerprint density at radius 1 is 1.08 bits per heavy atom. The second-order valence-corrected chi connectivity index (χ2v) is 9.08. The third-order valence-corrected chi connectivity index (χ3v) is 6.57. The highest BCUT2D eigenvalue weighted by atomic mass is 32.2. The van der Waals surface area contributed by atoms with Gasteiger partial charge in [0, 0.05) is 6.42 Å². The summed E-state index contributed by atoms with van der Waals surface area (Å²) in [7, 11) is 1.48. The van der Waals surface area contributed by atoms with Gasteiger partial charge in [-0.15, -0.1) is 0 Å². The Morgan fingerprint density at radius 3 is 2.53 bits per heavy atom. The van der Waals surface area contributed by atoms with Crippen LogP contribution in [0.4, 0.5) is 24.5 Å². The van der Waals surface area contributed by atoms with Crippen LogP contribution in [0, 0.1) is 0 Å². The molecule has 3 aromatic carbocycles. The number of carbonyl (C=O) groups is 2. The largest absolute Gasteiger partial charge is 0.495 e. The van der Waals surface area contributed by atoms with E-state index in [0.29, 0.717) is 11.4 Å². The first-order chi connectivity index (χ1) is 17.2. The normalized spacial score (nSPS) is 17.2. The number of benzene rings is 3. The Bertz CT molecular complexity index is 1280. The summed E-state index contributed by atoms with van der Waals surface area (Å²) in [5, 5.41) is 2.08. The first-order valence-corrected chi connectivity index (χ1v) is 11.8. The number of rotatable bonds is 6. The zero-order valence-corrected chi connectivity index (χ0v) is 20.0. The highest BCUT2D eigenvalue weighted by molar-refractivity contribution is 8.15. The minimum Gasteiger partial charge on any atom is -0.495 e. The SMILES string of the molecule is COc1ccccc1NC(=O)C1CC(=O)N(Cc2ccccc2)C(=Nc2cccc(C(F)(F)F)c2)S1. The third kappa shape index (κ3) is 6.06. The van der Waals surface area contributed by atoms with Crippen molar-refractivity contribution in [1.82, 2.24) is 4.90 Å². The Hall–Kier alpha value is -3.79. The molecule has 1 fully saturated rings. The molecule has 1 aliphatic heterocycles. The number of nitrogens with zero attached hydrogens (tertiary/aromatic N) is 2. The Balaban J connectivity index is 1.64. The Labute approximate surface area is 210 Å². The van der Waals surface area contributed by atoms with Crippen LogP contribution in [-0.4, -0.2) is 34.2 Å². The maximum absolute atomic E-state index is 13.2. The fourth-order valence-electron chi connectivity index (χ4n) is 3.59. The molecule has 6 nitrogen and oxygen atoms in total. The molecule has 186 valence electrons. The molecule has 1 aliphatic rings. The van der Waals surface area contributed by atoms with Gasteiger partial charge in [0.1, 0.15) is 11.0 Å². The number of carbonyl (C=O) groups excluding carboxylic acids is 2. The van der Waals surface area contributed by atoms with E-state index in [2.05, 4.69) is 10.3 Å². The minimum absolute atomic E-state index is 0.0315.